The minimum atomic E-state index is -0.255. The number of hydrogen-bond donors (Lipinski definition) is 2. The molecule has 0 saturated heterocycles. The summed E-state index contributed by atoms with van der Waals surface area (Å²) in [5.41, 5.74) is 0.615. The molecule has 0 aliphatic rings. The van der Waals surface area contributed by atoms with Gasteiger partial charge in [-0.3, -0.25) is 0 Å². The largest absolute Gasteiger partial charge is 0.496 e. The summed E-state index contributed by atoms with van der Waals surface area (Å²) in [7, 11) is 1.59. The number of methoxy groups -OCH3 is 1. The van der Waals surface area contributed by atoms with E-state index in [2.05, 4.69) is 5.32 Å². The van der Waals surface area contributed by atoms with E-state index in [0.717, 1.165) is 18.5 Å². The maximum absolute atomic E-state index is 13.3. The van der Waals surface area contributed by atoms with Crippen LogP contribution in [0.5, 0.6) is 5.75 Å². The van der Waals surface area contributed by atoms with E-state index in [1.807, 2.05) is 13.8 Å². The van der Waals surface area contributed by atoms with E-state index in [-0.39, 0.29) is 17.8 Å². The van der Waals surface area contributed by atoms with Gasteiger partial charge in [0.15, 0.2) is 0 Å². The Kier molecular flexibility index (Phi) is 5.56. The summed E-state index contributed by atoms with van der Waals surface area (Å²) in [5, 5.41) is 12.0. The summed E-state index contributed by atoms with van der Waals surface area (Å²) in [5.74, 6) is 0.444. The smallest absolute Gasteiger partial charge is 0.123 e. The molecule has 4 heteroatoms. The molecule has 0 amide bonds. The molecule has 0 unspecified atom stereocenters. The molecule has 102 valence electrons. The fourth-order valence-corrected chi connectivity index (χ4v) is 1.91. The lowest BCUT2D eigenvalue weighted by Crippen LogP contribution is -2.34. The molecule has 18 heavy (non-hydrogen) atoms. The van der Waals surface area contributed by atoms with E-state index in [9.17, 15) is 4.39 Å². The maximum atomic E-state index is 13.3. The first-order valence-electron chi connectivity index (χ1n) is 6.17. The van der Waals surface area contributed by atoms with Crippen molar-refractivity contribution in [3.8, 4) is 5.75 Å². The number of halogens is 1. The van der Waals surface area contributed by atoms with Gasteiger partial charge < -0.3 is 15.2 Å². The van der Waals surface area contributed by atoms with Crippen LogP contribution in [0, 0.1) is 5.82 Å². The Labute approximate surface area is 108 Å². The van der Waals surface area contributed by atoms with Crippen molar-refractivity contribution < 1.29 is 14.2 Å². The molecular weight excluding hydrogens is 233 g/mol. The van der Waals surface area contributed by atoms with Gasteiger partial charge in [-0.15, -0.1) is 0 Å². The lowest BCUT2D eigenvalue weighted by atomic mass is 9.83. The van der Waals surface area contributed by atoms with Crippen LogP contribution in [0.25, 0.3) is 0 Å². The SMILES string of the molecule is COc1ccc(F)cc1C(C)(C)CNCCCO. The second kappa shape index (κ2) is 6.71. The van der Waals surface area contributed by atoms with Crippen LogP contribution in [0.3, 0.4) is 0 Å². The maximum Gasteiger partial charge on any atom is 0.123 e. The molecule has 3 nitrogen and oxygen atoms in total. The molecule has 2 N–H and O–H groups in total. The number of aliphatic hydroxyl groups excluding tert-OH is 1. The highest BCUT2D eigenvalue weighted by Crippen LogP contribution is 2.31. The summed E-state index contributed by atoms with van der Waals surface area (Å²) in [6.07, 6.45) is 0.719. The van der Waals surface area contributed by atoms with Gasteiger partial charge in [0.1, 0.15) is 11.6 Å². The van der Waals surface area contributed by atoms with Crippen molar-refractivity contribution in [2.45, 2.75) is 25.7 Å². The Hall–Kier alpha value is -1.13. The van der Waals surface area contributed by atoms with Crippen LogP contribution >= 0.6 is 0 Å². The average molecular weight is 255 g/mol. The predicted molar refractivity (Wildman–Crippen MR) is 70.6 cm³/mol. The van der Waals surface area contributed by atoms with Crippen molar-refractivity contribution >= 4 is 0 Å². The van der Waals surface area contributed by atoms with Crippen molar-refractivity contribution in [3.63, 3.8) is 0 Å². The molecule has 1 aromatic carbocycles. The minimum Gasteiger partial charge on any atom is -0.496 e. The molecule has 0 bridgehead atoms. The van der Waals surface area contributed by atoms with Gasteiger partial charge in [-0.05, 0) is 31.2 Å². The van der Waals surface area contributed by atoms with Crippen molar-refractivity contribution in [1.82, 2.24) is 5.32 Å². The van der Waals surface area contributed by atoms with Gasteiger partial charge in [0.25, 0.3) is 0 Å². The van der Waals surface area contributed by atoms with Gasteiger partial charge in [-0.1, -0.05) is 13.8 Å². The topological polar surface area (TPSA) is 41.5 Å². The van der Waals surface area contributed by atoms with Crippen molar-refractivity contribution in [3.05, 3.63) is 29.6 Å². The minimum absolute atomic E-state index is 0.177. The number of nitrogens with one attached hydrogen (secondary N) is 1. The lowest BCUT2D eigenvalue weighted by molar-refractivity contribution is 0.283. The van der Waals surface area contributed by atoms with Gasteiger partial charge in [-0.25, -0.2) is 4.39 Å². The molecule has 0 spiro atoms. The summed E-state index contributed by atoms with van der Waals surface area (Å²) < 4.78 is 18.6. The van der Waals surface area contributed by atoms with E-state index in [1.54, 1.807) is 13.2 Å². The monoisotopic (exact) mass is 255 g/mol. The second-order valence-electron chi connectivity index (χ2n) is 4.98. The number of hydrogen-bond acceptors (Lipinski definition) is 3. The summed E-state index contributed by atoms with van der Waals surface area (Å²) in [6.45, 7) is 5.70. The molecular formula is C14H22FNO2. The number of rotatable bonds is 7. The van der Waals surface area contributed by atoms with Crippen LogP contribution in [0.4, 0.5) is 4.39 Å². The first-order valence-corrected chi connectivity index (χ1v) is 6.17. The molecule has 1 rings (SSSR count). The molecule has 1 aromatic rings. The third-order valence-electron chi connectivity index (χ3n) is 2.97. The van der Waals surface area contributed by atoms with E-state index in [1.165, 1.54) is 12.1 Å². The molecule has 0 heterocycles. The van der Waals surface area contributed by atoms with Crippen LogP contribution in [-0.4, -0.2) is 31.9 Å². The number of ether oxygens (including phenoxy) is 1. The quantitative estimate of drug-likeness (QED) is 0.733. The predicted octanol–water partition coefficient (Wildman–Crippen LogP) is 2.08. The average Bonchev–Trinajstić information content (AvgIpc) is 2.35. The standard InChI is InChI=1S/C14H22FNO2/c1-14(2,10-16-7-4-8-17)12-9-11(15)5-6-13(12)18-3/h5-6,9,16-17H,4,7-8,10H2,1-3H3. The Balaban J connectivity index is 2.79. The third-order valence-corrected chi connectivity index (χ3v) is 2.97. The molecule has 0 atom stereocenters. The van der Waals surface area contributed by atoms with Crippen LogP contribution in [0.15, 0.2) is 18.2 Å². The third kappa shape index (κ3) is 3.96. The highest BCUT2D eigenvalue weighted by Gasteiger charge is 2.24. The summed E-state index contributed by atoms with van der Waals surface area (Å²) >= 11 is 0. The van der Waals surface area contributed by atoms with E-state index >= 15 is 0 Å². The molecule has 0 radical (unpaired) electrons. The molecule has 0 fully saturated rings. The normalized spacial score (nSPS) is 11.6. The fraction of sp³-hybridized carbons (Fsp3) is 0.571. The Bertz CT molecular complexity index is 380. The van der Waals surface area contributed by atoms with E-state index in [0.29, 0.717) is 12.3 Å². The Morgan fingerprint density at radius 2 is 2.11 bits per heavy atom. The molecule has 0 saturated carbocycles. The summed E-state index contributed by atoms with van der Waals surface area (Å²) in [6, 6.07) is 4.57. The highest BCUT2D eigenvalue weighted by molar-refractivity contribution is 5.39. The van der Waals surface area contributed by atoms with Gasteiger partial charge >= 0.3 is 0 Å². The fourth-order valence-electron chi connectivity index (χ4n) is 1.91. The first-order chi connectivity index (χ1) is 8.51. The summed E-state index contributed by atoms with van der Waals surface area (Å²) in [4.78, 5) is 0. The van der Waals surface area contributed by atoms with Gasteiger partial charge in [0.05, 0.1) is 7.11 Å². The van der Waals surface area contributed by atoms with Crippen molar-refractivity contribution in [2.24, 2.45) is 0 Å². The zero-order valence-electron chi connectivity index (χ0n) is 11.3. The first kappa shape index (κ1) is 14.9. The van der Waals surface area contributed by atoms with Crippen molar-refractivity contribution in [2.75, 3.05) is 26.8 Å². The molecule has 0 aliphatic carbocycles. The zero-order valence-corrected chi connectivity index (χ0v) is 11.3. The van der Waals surface area contributed by atoms with Crippen LogP contribution in [0.2, 0.25) is 0 Å². The van der Waals surface area contributed by atoms with Crippen molar-refractivity contribution in [1.29, 1.82) is 0 Å². The highest BCUT2D eigenvalue weighted by atomic mass is 19.1. The van der Waals surface area contributed by atoms with E-state index < -0.39 is 0 Å². The number of benzene rings is 1. The van der Waals surface area contributed by atoms with Gasteiger partial charge in [-0.2, -0.15) is 0 Å². The molecule has 0 aliphatic heterocycles. The zero-order chi connectivity index (χ0) is 13.6. The van der Waals surface area contributed by atoms with Crippen LogP contribution < -0.4 is 10.1 Å². The van der Waals surface area contributed by atoms with E-state index in [4.69, 9.17) is 9.84 Å². The Morgan fingerprint density at radius 1 is 1.39 bits per heavy atom. The Morgan fingerprint density at radius 3 is 2.72 bits per heavy atom. The second-order valence-corrected chi connectivity index (χ2v) is 4.98. The van der Waals surface area contributed by atoms with Gasteiger partial charge in [0, 0.05) is 24.1 Å². The van der Waals surface area contributed by atoms with Gasteiger partial charge in [0.2, 0.25) is 0 Å². The molecule has 0 aromatic heterocycles. The lowest BCUT2D eigenvalue weighted by Gasteiger charge is -2.27. The number of aliphatic hydroxyl groups is 1. The van der Waals surface area contributed by atoms with Crippen LogP contribution in [-0.2, 0) is 5.41 Å². The van der Waals surface area contributed by atoms with Crippen LogP contribution in [0.1, 0.15) is 25.8 Å².